The van der Waals surface area contributed by atoms with Crippen LogP contribution in [-0.2, 0) is 19.6 Å². The molecule has 2 aliphatic rings. The first-order valence-corrected chi connectivity index (χ1v) is 11.4. The Morgan fingerprint density at radius 1 is 1.07 bits per heavy atom. The molecule has 8 heteroatoms. The van der Waals surface area contributed by atoms with Crippen LogP contribution in [0.25, 0.3) is 0 Å². The Labute approximate surface area is 166 Å². The van der Waals surface area contributed by atoms with Crippen molar-refractivity contribution in [2.45, 2.75) is 56.4 Å². The molecule has 0 radical (unpaired) electrons. The highest BCUT2D eigenvalue weighted by atomic mass is 32.2. The second-order valence-electron chi connectivity index (χ2n) is 7.50. The number of amides is 1. The van der Waals surface area contributed by atoms with Crippen molar-refractivity contribution in [3.63, 3.8) is 0 Å². The molecule has 0 N–H and O–H groups in total. The van der Waals surface area contributed by atoms with Crippen LogP contribution in [0.5, 0.6) is 0 Å². The first-order valence-electron chi connectivity index (χ1n) is 9.96. The molecule has 2 fully saturated rings. The molecule has 2 heterocycles. The lowest BCUT2D eigenvalue weighted by molar-refractivity contribution is -0.137. The molecule has 0 aliphatic carbocycles. The summed E-state index contributed by atoms with van der Waals surface area (Å²) in [4.78, 5) is 26.5. The molecule has 0 saturated carbocycles. The quantitative estimate of drug-likeness (QED) is 0.699. The molecule has 0 spiro atoms. The molecule has 7 nitrogen and oxygen atoms in total. The number of carbonyl (C=O) groups is 2. The van der Waals surface area contributed by atoms with E-state index in [4.69, 9.17) is 4.74 Å². The molecule has 1 amide bonds. The Hall–Kier alpha value is -1.93. The van der Waals surface area contributed by atoms with Crippen LogP contribution in [0.3, 0.4) is 0 Å². The van der Waals surface area contributed by atoms with Gasteiger partial charge in [-0.3, -0.25) is 4.79 Å². The highest BCUT2D eigenvalue weighted by molar-refractivity contribution is 7.89. The molecule has 1 aromatic carbocycles. The van der Waals surface area contributed by atoms with Gasteiger partial charge in [0.2, 0.25) is 10.0 Å². The molecule has 2 aliphatic heterocycles. The highest BCUT2D eigenvalue weighted by Gasteiger charge is 2.27. The van der Waals surface area contributed by atoms with E-state index in [2.05, 4.69) is 0 Å². The van der Waals surface area contributed by atoms with Gasteiger partial charge in [-0.2, -0.15) is 4.31 Å². The average molecular weight is 409 g/mol. The van der Waals surface area contributed by atoms with Crippen molar-refractivity contribution in [2.24, 2.45) is 0 Å². The number of rotatable bonds is 5. The molecule has 1 unspecified atom stereocenters. The number of hydrogen-bond donors (Lipinski definition) is 0. The Morgan fingerprint density at radius 3 is 2.50 bits per heavy atom. The number of likely N-dealkylation sites (tertiary alicyclic amines) is 1. The predicted octanol–water partition coefficient (Wildman–Crippen LogP) is 2.42. The molecule has 0 aromatic heterocycles. The van der Waals surface area contributed by atoms with E-state index in [0.717, 1.165) is 38.5 Å². The van der Waals surface area contributed by atoms with Crippen LogP contribution in [0.4, 0.5) is 0 Å². The lowest BCUT2D eigenvalue weighted by Crippen LogP contribution is -2.44. The van der Waals surface area contributed by atoms with Gasteiger partial charge in [-0.25, -0.2) is 13.2 Å². The molecule has 0 bridgehead atoms. The maximum absolute atomic E-state index is 12.8. The monoisotopic (exact) mass is 408 g/mol. The zero-order valence-corrected chi connectivity index (χ0v) is 17.1. The van der Waals surface area contributed by atoms with Gasteiger partial charge < -0.3 is 9.64 Å². The molecule has 3 rings (SSSR count). The van der Waals surface area contributed by atoms with E-state index in [0.29, 0.717) is 19.6 Å². The van der Waals surface area contributed by atoms with Crippen molar-refractivity contribution < 1.29 is 22.7 Å². The lowest BCUT2D eigenvalue weighted by Gasteiger charge is -2.33. The fourth-order valence-corrected chi connectivity index (χ4v) is 5.36. The maximum Gasteiger partial charge on any atom is 0.338 e. The first kappa shape index (κ1) is 20.8. The molecule has 2 saturated heterocycles. The van der Waals surface area contributed by atoms with Gasteiger partial charge in [0.1, 0.15) is 0 Å². The van der Waals surface area contributed by atoms with Crippen molar-refractivity contribution in [1.29, 1.82) is 0 Å². The Balaban J connectivity index is 1.64. The van der Waals surface area contributed by atoms with Crippen LogP contribution < -0.4 is 0 Å². The van der Waals surface area contributed by atoms with Gasteiger partial charge in [0.25, 0.3) is 5.91 Å². The minimum Gasteiger partial charge on any atom is -0.452 e. The van der Waals surface area contributed by atoms with Gasteiger partial charge in [0.15, 0.2) is 6.61 Å². The van der Waals surface area contributed by atoms with E-state index in [9.17, 15) is 18.0 Å². The van der Waals surface area contributed by atoms with Crippen LogP contribution in [0.1, 0.15) is 55.8 Å². The molecular formula is C20H28N2O5S. The van der Waals surface area contributed by atoms with Crippen LogP contribution in [0, 0.1) is 0 Å². The molecule has 1 aromatic rings. The topological polar surface area (TPSA) is 84.0 Å². The number of ether oxygens (including phenoxy) is 1. The first-order chi connectivity index (χ1) is 13.4. The van der Waals surface area contributed by atoms with Crippen molar-refractivity contribution >= 4 is 21.9 Å². The van der Waals surface area contributed by atoms with E-state index < -0.39 is 16.0 Å². The molecule has 28 heavy (non-hydrogen) atoms. The third-order valence-electron chi connectivity index (χ3n) is 5.47. The van der Waals surface area contributed by atoms with Crippen molar-refractivity contribution in [3.8, 4) is 0 Å². The number of hydrogen-bond acceptors (Lipinski definition) is 5. The molecule has 154 valence electrons. The van der Waals surface area contributed by atoms with Crippen molar-refractivity contribution in [1.82, 2.24) is 9.21 Å². The standard InChI is InChI=1S/C20H28N2O5S/c1-16-8-3-6-13-22(16)19(23)15-27-20(24)17-9-7-10-18(14-17)28(25,26)21-11-4-2-5-12-21/h7,9-10,14,16H,2-6,8,11-13,15H2,1H3. The lowest BCUT2D eigenvalue weighted by atomic mass is 10.0. The maximum atomic E-state index is 12.8. The zero-order chi connectivity index (χ0) is 20.1. The summed E-state index contributed by atoms with van der Waals surface area (Å²) < 4.78 is 32.2. The smallest absolute Gasteiger partial charge is 0.338 e. The number of benzene rings is 1. The average Bonchev–Trinajstić information content (AvgIpc) is 2.73. The van der Waals surface area contributed by atoms with Crippen molar-refractivity contribution in [2.75, 3.05) is 26.2 Å². The summed E-state index contributed by atoms with van der Waals surface area (Å²) in [5, 5.41) is 0. The van der Waals surface area contributed by atoms with Crippen LogP contribution >= 0.6 is 0 Å². The SMILES string of the molecule is CC1CCCCN1C(=O)COC(=O)c1cccc(S(=O)(=O)N2CCCCC2)c1. The summed E-state index contributed by atoms with van der Waals surface area (Å²) in [5.74, 6) is -0.897. The van der Waals surface area contributed by atoms with Crippen LogP contribution in [0.2, 0.25) is 0 Å². The minimum absolute atomic E-state index is 0.0832. The highest BCUT2D eigenvalue weighted by Crippen LogP contribution is 2.22. The van der Waals surface area contributed by atoms with Crippen molar-refractivity contribution in [3.05, 3.63) is 29.8 Å². The van der Waals surface area contributed by atoms with E-state index in [1.165, 1.54) is 28.6 Å². The van der Waals surface area contributed by atoms with Gasteiger partial charge >= 0.3 is 5.97 Å². The summed E-state index contributed by atoms with van der Waals surface area (Å²) >= 11 is 0. The summed E-state index contributed by atoms with van der Waals surface area (Å²) in [5.41, 5.74) is 0.137. The number of carbonyl (C=O) groups excluding carboxylic acids is 2. The zero-order valence-electron chi connectivity index (χ0n) is 16.3. The largest absolute Gasteiger partial charge is 0.452 e. The van der Waals surface area contributed by atoms with Crippen LogP contribution in [-0.4, -0.2) is 61.8 Å². The van der Waals surface area contributed by atoms with Gasteiger partial charge in [0, 0.05) is 25.7 Å². The second-order valence-corrected chi connectivity index (χ2v) is 9.44. The van der Waals surface area contributed by atoms with Gasteiger partial charge in [-0.15, -0.1) is 0 Å². The van der Waals surface area contributed by atoms with Gasteiger partial charge in [-0.05, 0) is 57.2 Å². The fraction of sp³-hybridized carbons (Fsp3) is 0.600. The number of piperidine rings is 2. The van der Waals surface area contributed by atoms with E-state index in [1.807, 2.05) is 6.92 Å². The molecular weight excluding hydrogens is 380 g/mol. The fourth-order valence-electron chi connectivity index (χ4n) is 3.80. The summed E-state index contributed by atoms with van der Waals surface area (Å²) in [6, 6.07) is 6.01. The van der Waals surface area contributed by atoms with Crippen LogP contribution in [0.15, 0.2) is 29.2 Å². The summed E-state index contributed by atoms with van der Waals surface area (Å²) in [6.45, 7) is 3.35. The Morgan fingerprint density at radius 2 is 1.79 bits per heavy atom. The Kier molecular flexibility index (Phi) is 6.72. The van der Waals surface area contributed by atoms with Gasteiger partial charge in [-0.1, -0.05) is 12.5 Å². The number of esters is 1. The van der Waals surface area contributed by atoms with E-state index in [-0.39, 0.29) is 29.0 Å². The number of sulfonamides is 1. The Bertz CT molecular complexity index is 818. The summed E-state index contributed by atoms with van der Waals surface area (Å²) in [6.07, 6.45) is 5.73. The van der Waals surface area contributed by atoms with E-state index >= 15 is 0 Å². The molecule has 1 atom stereocenters. The summed E-state index contributed by atoms with van der Waals surface area (Å²) in [7, 11) is -3.62. The predicted molar refractivity (Wildman–Crippen MR) is 104 cm³/mol. The number of nitrogens with zero attached hydrogens (tertiary/aromatic N) is 2. The van der Waals surface area contributed by atoms with E-state index in [1.54, 1.807) is 4.90 Å². The third-order valence-corrected chi connectivity index (χ3v) is 7.37. The third kappa shape index (κ3) is 4.72. The minimum atomic E-state index is -3.62. The second kappa shape index (κ2) is 9.05. The normalized spacial score (nSPS) is 21.3. The van der Waals surface area contributed by atoms with Gasteiger partial charge in [0.05, 0.1) is 10.5 Å².